The fraction of sp³-hybridized carbons (Fsp3) is 0.143. The van der Waals surface area contributed by atoms with Crippen LogP contribution in [0, 0.1) is 6.07 Å². The molecular weight excluding hydrogens is 189 g/mol. The molecule has 9 heavy (non-hydrogen) atoms. The van der Waals surface area contributed by atoms with Gasteiger partial charge in [-0.2, -0.15) is 30.3 Å². The molecule has 2 heteroatoms. The minimum Gasteiger partial charge on any atom is -0.394 e. The zero-order chi connectivity index (χ0) is 5.82. The van der Waals surface area contributed by atoms with E-state index in [2.05, 4.69) is 6.07 Å². The molecule has 0 aliphatic carbocycles. The molecule has 0 aliphatic heterocycles. The summed E-state index contributed by atoms with van der Waals surface area (Å²) in [5.41, 5.74) is 0.840. The van der Waals surface area contributed by atoms with Crippen LogP contribution < -0.4 is 0 Å². The van der Waals surface area contributed by atoms with E-state index in [0.717, 1.165) is 5.56 Å². The summed E-state index contributed by atoms with van der Waals surface area (Å²) in [5, 5.41) is 8.51. The standard InChI is InChI=1S/C7H7O.Y/c8-6-7-4-2-1-3-5-7;/h1-4,8H,6H2;/q-1;. The van der Waals surface area contributed by atoms with Gasteiger partial charge in [0, 0.05) is 39.3 Å². The Labute approximate surface area is 80.0 Å². The van der Waals surface area contributed by atoms with Gasteiger partial charge in [-0.05, 0) is 0 Å². The Kier molecular flexibility index (Phi) is 5.26. The van der Waals surface area contributed by atoms with E-state index in [0.29, 0.717) is 0 Å². The van der Waals surface area contributed by atoms with Gasteiger partial charge in [0.2, 0.25) is 0 Å². The first kappa shape index (κ1) is 9.28. The molecule has 1 N–H and O–H groups in total. The van der Waals surface area contributed by atoms with E-state index in [-0.39, 0.29) is 39.3 Å². The molecule has 0 bridgehead atoms. The quantitative estimate of drug-likeness (QED) is 0.663. The van der Waals surface area contributed by atoms with Crippen LogP contribution >= 0.6 is 0 Å². The van der Waals surface area contributed by atoms with Gasteiger partial charge in [0.15, 0.2) is 0 Å². The molecule has 1 aromatic carbocycles. The number of aliphatic hydroxyl groups is 1. The van der Waals surface area contributed by atoms with Crippen molar-refractivity contribution in [3.8, 4) is 0 Å². The van der Waals surface area contributed by atoms with Gasteiger partial charge in [-0.25, -0.2) is 0 Å². The fourth-order valence-corrected chi connectivity index (χ4v) is 0.529. The van der Waals surface area contributed by atoms with Gasteiger partial charge < -0.3 is 5.11 Å². The van der Waals surface area contributed by atoms with Crippen molar-refractivity contribution in [3.63, 3.8) is 0 Å². The van der Waals surface area contributed by atoms with Crippen LogP contribution in [0.5, 0.6) is 0 Å². The van der Waals surface area contributed by atoms with Gasteiger partial charge in [-0.1, -0.05) is 0 Å². The van der Waals surface area contributed by atoms with Gasteiger partial charge in [0.05, 0.1) is 0 Å². The zero-order valence-corrected chi connectivity index (χ0v) is 7.88. The molecule has 0 saturated heterocycles. The topological polar surface area (TPSA) is 20.2 Å². The summed E-state index contributed by atoms with van der Waals surface area (Å²) >= 11 is 0. The van der Waals surface area contributed by atoms with Crippen molar-refractivity contribution in [2.24, 2.45) is 0 Å². The van der Waals surface area contributed by atoms with Crippen LogP contribution in [0.4, 0.5) is 0 Å². The molecule has 0 aromatic heterocycles. The molecule has 0 unspecified atom stereocenters. The predicted molar refractivity (Wildman–Crippen MR) is 31.2 cm³/mol. The second-order valence-electron chi connectivity index (χ2n) is 1.55. The van der Waals surface area contributed by atoms with E-state index < -0.39 is 0 Å². The summed E-state index contributed by atoms with van der Waals surface area (Å²) in [6, 6.07) is 10.2. The molecular formula is C7H7OY-. The first-order valence-electron chi connectivity index (χ1n) is 2.50. The minimum absolute atomic E-state index is 0. The first-order valence-corrected chi connectivity index (χ1v) is 2.50. The average molecular weight is 196 g/mol. The maximum atomic E-state index is 8.51. The Morgan fingerprint density at radius 1 is 1.44 bits per heavy atom. The van der Waals surface area contributed by atoms with E-state index in [9.17, 15) is 0 Å². The molecule has 1 nitrogen and oxygen atoms in total. The maximum absolute atomic E-state index is 8.51. The normalized spacial score (nSPS) is 8.11. The minimum atomic E-state index is 0. The number of aliphatic hydroxyl groups excluding tert-OH is 1. The zero-order valence-electron chi connectivity index (χ0n) is 5.04. The summed E-state index contributed by atoms with van der Waals surface area (Å²) in [6.45, 7) is 0.0842. The Morgan fingerprint density at radius 2 is 2.22 bits per heavy atom. The molecule has 0 atom stereocenters. The molecule has 0 fully saturated rings. The molecule has 1 aromatic rings. The van der Waals surface area contributed by atoms with Crippen LogP contribution in [-0.2, 0) is 39.3 Å². The van der Waals surface area contributed by atoms with Crippen molar-refractivity contribution >= 4 is 0 Å². The summed E-state index contributed by atoms with van der Waals surface area (Å²) in [5.74, 6) is 0. The van der Waals surface area contributed by atoms with Crippen LogP contribution in [0.15, 0.2) is 24.3 Å². The summed E-state index contributed by atoms with van der Waals surface area (Å²) in [7, 11) is 0. The summed E-state index contributed by atoms with van der Waals surface area (Å²) in [6.07, 6.45) is 0. The van der Waals surface area contributed by atoms with Crippen LogP contribution in [0.25, 0.3) is 0 Å². The van der Waals surface area contributed by atoms with Crippen LogP contribution in [0.3, 0.4) is 0 Å². The largest absolute Gasteiger partial charge is 0.394 e. The van der Waals surface area contributed by atoms with E-state index in [1.807, 2.05) is 18.2 Å². The molecule has 1 rings (SSSR count). The van der Waals surface area contributed by atoms with E-state index >= 15 is 0 Å². The molecule has 0 amide bonds. The summed E-state index contributed by atoms with van der Waals surface area (Å²) in [4.78, 5) is 0. The Morgan fingerprint density at radius 3 is 2.56 bits per heavy atom. The molecule has 0 aliphatic rings. The second kappa shape index (κ2) is 5.10. The Balaban J connectivity index is 0.000000640. The van der Waals surface area contributed by atoms with Crippen LogP contribution in [0.1, 0.15) is 5.56 Å². The molecule has 0 saturated carbocycles. The van der Waals surface area contributed by atoms with Gasteiger partial charge in [-0.3, -0.25) is 0 Å². The molecule has 0 spiro atoms. The van der Waals surface area contributed by atoms with Crippen LogP contribution in [-0.4, -0.2) is 5.11 Å². The Bertz CT molecular complexity index is 150. The average Bonchev–Trinajstić information content (AvgIpc) is 1.90. The smallest absolute Gasteiger partial charge is 0.0457 e. The van der Waals surface area contributed by atoms with Gasteiger partial charge >= 0.3 is 0 Å². The Hall–Kier alpha value is 0.284. The monoisotopic (exact) mass is 196 g/mol. The van der Waals surface area contributed by atoms with Crippen molar-refractivity contribution in [3.05, 3.63) is 35.9 Å². The van der Waals surface area contributed by atoms with E-state index in [1.54, 1.807) is 6.07 Å². The number of hydrogen-bond acceptors (Lipinski definition) is 1. The summed E-state index contributed by atoms with van der Waals surface area (Å²) < 4.78 is 0. The number of rotatable bonds is 1. The molecule has 1 radical (unpaired) electrons. The van der Waals surface area contributed by atoms with Crippen molar-refractivity contribution < 1.29 is 37.8 Å². The van der Waals surface area contributed by atoms with Crippen LogP contribution in [0.2, 0.25) is 0 Å². The molecule has 0 heterocycles. The van der Waals surface area contributed by atoms with Crippen molar-refractivity contribution in [2.45, 2.75) is 6.61 Å². The number of hydrogen-bond donors (Lipinski definition) is 1. The SMILES string of the molecule is OCc1[c-]cccc1.[Y]. The van der Waals surface area contributed by atoms with Crippen molar-refractivity contribution in [2.75, 3.05) is 0 Å². The third-order valence-electron chi connectivity index (χ3n) is 0.944. The van der Waals surface area contributed by atoms with Crippen molar-refractivity contribution in [1.29, 1.82) is 0 Å². The fourth-order valence-electron chi connectivity index (χ4n) is 0.529. The van der Waals surface area contributed by atoms with E-state index in [1.165, 1.54) is 0 Å². The third kappa shape index (κ3) is 3.09. The molecule has 45 valence electrons. The second-order valence-corrected chi connectivity index (χ2v) is 1.55. The number of benzene rings is 1. The van der Waals surface area contributed by atoms with Gasteiger partial charge in [0.1, 0.15) is 0 Å². The maximum Gasteiger partial charge on any atom is 0.0457 e. The third-order valence-corrected chi connectivity index (χ3v) is 0.944. The van der Waals surface area contributed by atoms with Crippen molar-refractivity contribution in [1.82, 2.24) is 0 Å². The van der Waals surface area contributed by atoms with E-state index in [4.69, 9.17) is 5.11 Å². The predicted octanol–water partition coefficient (Wildman–Crippen LogP) is 0.977. The van der Waals surface area contributed by atoms with Gasteiger partial charge in [0.25, 0.3) is 0 Å². The first-order chi connectivity index (χ1) is 3.93. The van der Waals surface area contributed by atoms with Gasteiger partial charge in [-0.15, -0.1) is 5.56 Å².